The number of anilines is 2. The Morgan fingerprint density at radius 2 is 1.88 bits per heavy atom. The molecule has 3 aliphatic heterocycles. The van der Waals surface area contributed by atoms with Crippen molar-refractivity contribution < 1.29 is 0 Å². The third kappa shape index (κ3) is 2.56. The van der Waals surface area contributed by atoms with Crippen molar-refractivity contribution in [3.05, 3.63) is 41.1 Å². The quantitative estimate of drug-likeness (QED) is 0.853. The van der Waals surface area contributed by atoms with Gasteiger partial charge in [-0.2, -0.15) is 0 Å². The van der Waals surface area contributed by atoms with Crippen molar-refractivity contribution >= 4 is 11.5 Å². The van der Waals surface area contributed by atoms with Crippen molar-refractivity contribution in [2.75, 3.05) is 36.0 Å². The minimum Gasteiger partial charge on any atom is -0.368 e. The highest BCUT2D eigenvalue weighted by molar-refractivity contribution is 5.53. The summed E-state index contributed by atoms with van der Waals surface area (Å²) in [5.74, 6) is 2.10. The summed E-state index contributed by atoms with van der Waals surface area (Å²) in [4.78, 5) is 21.2. The van der Waals surface area contributed by atoms with E-state index in [1.807, 2.05) is 13.1 Å². The van der Waals surface area contributed by atoms with E-state index in [4.69, 9.17) is 9.97 Å². The van der Waals surface area contributed by atoms with Crippen molar-refractivity contribution in [3.8, 4) is 0 Å². The van der Waals surface area contributed by atoms with Gasteiger partial charge in [-0.1, -0.05) is 0 Å². The van der Waals surface area contributed by atoms with Crippen molar-refractivity contribution in [1.29, 1.82) is 0 Å². The van der Waals surface area contributed by atoms with E-state index >= 15 is 0 Å². The molecule has 2 fully saturated rings. The van der Waals surface area contributed by atoms with Crippen molar-refractivity contribution in [1.82, 2.24) is 19.9 Å². The molecule has 130 valence electrons. The Labute approximate surface area is 148 Å². The molecule has 0 saturated carbocycles. The topological polar surface area (TPSA) is 48.4 Å². The molecule has 5 heterocycles. The molecular formula is C19H24N6. The summed E-state index contributed by atoms with van der Waals surface area (Å²) >= 11 is 0. The first kappa shape index (κ1) is 15.1. The lowest BCUT2D eigenvalue weighted by atomic mass is 10.1. The van der Waals surface area contributed by atoms with E-state index in [0.29, 0.717) is 6.04 Å². The van der Waals surface area contributed by atoms with Gasteiger partial charge in [-0.05, 0) is 32.4 Å². The van der Waals surface area contributed by atoms with Crippen molar-refractivity contribution in [2.45, 2.75) is 39.4 Å². The number of aromatic nitrogens is 3. The van der Waals surface area contributed by atoms with Crippen LogP contribution in [0.4, 0.5) is 11.5 Å². The highest BCUT2D eigenvalue weighted by atomic mass is 15.3. The van der Waals surface area contributed by atoms with Gasteiger partial charge in [0.1, 0.15) is 11.6 Å². The van der Waals surface area contributed by atoms with Gasteiger partial charge in [0.15, 0.2) is 0 Å². The van der Waals surface area contributed by atoms with E-state index in [-0.39, 0.29) is 0 Å². The smallest absolute Gasteiger partial charge is 0.137 e. The second-order valence-corrected chi connectivity index (χ2v) is 7.48. The van der Waals surface area contributed by atoms with Gasteiger partial charge in [0.25, 0.3) is 0 Å². The summed E-state index contributed by atoms with van der Waals surface area (Å²) in [7, 11) is 0. The molecule has 2 aromatic heterocycles. The van der Waals surface area contributed by atoms with Crippen LogP contribution in [0.1, 0.15) is 29.2 Å². The Morgan fingerprint density at radius 1 is 1.04 bits per heavy atom. The van der Waals surface area contributed by atoms with Crippen LogP contribution < -0.4 is 9.80 Å². The monoisotopic (exact) mass is 336 g/mol. The molecule has 0 bridgehead atoms. The van der Waals surface area contributed by atoms with Crippen LogP contribution >= 0.6 is 0 Å². The van der Waals surface area contributed by atoms with Gasteiger partial charge < -0.3 is 9.80 Å². The standard InChI is InChI=1S/C19H24N6/c1-13-8-15(4-5-20-13)24-9-16(10-24)25-11-17-18(12-25)21-14(2)22-19(17)23-6-3-7-23/h4-5,8,16H,3,6-7,9-12H2,1-2H3. The summed E-state index contributed by atoms with van der Waals surface area (Å²) in [5, 5.41) is 0. The molecule has 0 unspecified atom stereocenters. The Hall–Kier alpha value is -2.21. The third-order valence-electron chi connectivity index (χ3n) is 5.68. The zero-order valence-electron chi connectivity index (χ0n) is 14.9. The molecule has 0 atom stereocenters. The van der Waals surface area contributed by atoms with Gasteiger partial charge >= 0.3 is 0 Å². The molecule has 5 rings (SSSR count). The lowest BCUT2D eigenvalue weighted by Crippen LogP contribution is -2.58. The first-order chi connectivity index (χ1) is 12.2. The molecule has 25 heavy (non-hydrogen) atoms. The predicted molar refractivity (Wildman–Crippen MR) is 97.8 cm³/mol. The lowest BCUT2D eigenvalue weighted by Gasteiger charge is -2.45. The first-order valence-corrected chi connectivity index (χ1v) is 9.20. The fourth-order valence-corrected chi connectivity index (χ4v) is 4.05. The van der Waals surface area contributed by atoms with E-state index in [9.17, 15) is 0 Å². The van der Waals surface area contributed by atoms with Crippen LogP contribution in [-0.4, -0.2) is 52.1 Å². The van der Waals surface area contributed by atoms with Crippen LogP contribution in [0.2, 0.25) is 0 Å². The predicted octanol–water partition coefficient (Wildman–Crippen LogP) is 1.90. The number of hydrogen-bond acceptors (Lipinski definition) is 6. The van der Waals surface area contributed by atoms with Crippen LogP contribution in [0, 0.1) is 13.8 Å². The maximum Gasteiger partial charge on any atom is 0.137 e. The number of nitrogens with zero attached hydrogens (tertiary/aromatic N) is 6. The Balaban J connectivity index is 1.30. The second-order valence-electron chi connectivity index (χ2n) is 7.48. The van der Waals surface area contributed by atoms with Crippen molar-refractivity contribution in [3.63, 3.8) is 0 Å². The fourth-order valence-electron chi connectivity index (χ4n) is 4.05. The minimum absolute atomic E-state index is 0.604. The molecule has 2 aromatic rings. The largest absolute Gasteiger partial charge is 0.368 e. The van der Waals surface area contributed by atoms with Gasteiger partial charge in [-0.3, -0.25) is 9.88 Å². The first-order valence-electron chi connectivity index (χ1n) is 9.20. The Kier molecular flexibility index (Phi) is 3.41. The number of hydrogen-bond donors (Lipinski definition) is 0. The maximum absolute atomic E-state index is 4.75. The summed E-state index contributed by atoms with van der Waals surface area (Å²) in [6.07, 6.45) is 3.19. The summed E-state index contributed by atoms with van der Waals surface area (Å²) in [6.45, 7) is 10.5. The average Bonchev–Trinajstić information content (AvgIpc) is 2.87. The average molecular weight is 336 g/mol. The van der Waals surface area contributed by atoms with Crippen molar-refractivity contribution in [2.24, 2.45) is 0 Å². The molecule has 3 aliphatic rings. The van der Waals surface area contributed by atoms with Gasteiger partial charge in [0, 0.05) is 68.5 Å². The van der Waals surface area contributed by atoms with Crippen LogP contribution in [-0.2, 0) is 13.1 Å². The molecule has 0 spiro atoms. The van der Waals surface area contributed by atoms with Gasteiger partial charge in [0.2, 0.25) is 0 Å². The normalized spacial score (nSPS) is 20.4. The SMILES string of the molecule is Cc1cc(N2CC(N3Cc4nc(C)nc(N5CCC5)c4C3)C2)ccn1. The molecule has 0 radical (unpaired) electrons. The van der Waals surface area contributed by atoms with E-state index < -0.39 is 0 Å². The maximum atomic E-state index is 4.75. The summed E-state index contributed by atoms with van der Waals surface area (Å²) in [5.41, 5.74) is 4.98. The zero-order chi connectivity index (χ0) is 17.0. The molecule has 6 nitrogen and oxygen atoms in total. The van der Waals surface area contributed by atoms with Crippen LogP contribution in [0.15, 0.2) is 18.3 Å². The number of rotatable bonds is 3. The molecule has 0 aromatic carbocycles. The van der Waals surface area contributed by atoms with Gasteiger partial charge in [-0.15, -0.1) is 0 Å². The third-order valence-corrected chi connectivity index (χ3v) is 5.68. The molecule has 2 saturated heterocycles. The van der Waals surface area contributed by atoms with Crippen LogP contribution in [0.3, 0.4) is 0 Å². The van der Waals surface area contributed by atoms with Crippen LogP contribution in [0.5, 0.6) is 0 Å². The van der Waals surface area contributed by atoms with Gasteiger partial charge in [0.05, 0.1) is 5.69 Å². The highest BCUT2D eigenvalue weighted by Crippen LogP contribution is 2.34. The molecule has 0 amide bonds. The molecule has 6 heteroatoms. The lowest BCUT2D eigenvalue weighted by molar-refractivity contribution is 0.166. The highest BCUT2D eigenvalue weighted by Gasteiger charge is 2.37. The summed E-state index contributed by atoms with van der Waals surface area (Å²) < 4.78 is 0. The minimum atomic E-state index is 0.604. The Morgan fingerprint density at radius 3 is 2.60 bits per heavy atom. The second kappa shape index (κ2) is 5.66. The van der Waals surface area contributed by atoms with Gasteiger partial charge in [-0.25, -0.2) is 9.97 Å². The van der Waals surface area contributed by atoms with E-state index in [1.165, 1.54) is 29.2 Å². The number of pyridine rings is 1. The summed E-state index contributed by atoms with van der Waals surface area (Å²) in [6, 6.07) is 4.89. The number of aryl methyl sites for hydroxylation is 2. The van der Waals surface area contributed by atoms with E-state index in [0.717, 1.165) is 50.8 Å². The zero-order valence-corrected chi connectivity index (χ0v) is 14.9. The molecule has 0 N–H and O–H groups in total. The van der Waals surface area contributed by atoms with Crippen LogP contribution in [0.25, 0.3) is 0 Å². The number of fused-ring (bicyclic) bond motifs is 1. The molecule has 0 aliphatic carbocycles. The Bertz CT molecular complexity index is 810. The van der Waals surface area contributed by atoms with E-state index in [1.54, 1.807) is 0 Å². The fraction of sp³-hybridized carbons (Fsp3) is 0.526. The molecular weight excluding hydrogens is 312 g/mol. The van der Waals surface area contributed by atoms with E-state index in [2.05, 4.69) is 38.7 Å².